The van der Waals surface area contributed by atoms with E-state index >= 15 is 0 Å². The molecule has 0 bridgehead atoms. The summed E-state index contributed by atoms with van der Waals surface area (Å²) in [5.41, 5.74) is 4.27. The number of aromatic nitrogens is 4. The van der Waals surface area contributed by atoms with E-state index in [9.17, 15) is 9.59 Å². The van der Waals surface area contributed by atoms with Gasteiger partial charge in [-0.1, -0.05) is 24.3 Å². The Morgan fingerprint density at radius 2 is 1.67 bits per heavy atom. The normalized spacial score (nSPS) is 11.2. The van der Waals surface area contributed by atoms with Crippen LogP contribution in [0, 0.1) is 0 Å². The number of aryl methyl sites for hydroxylation is 2. The van der Waals surface area contributed by atoms with Crippen LogP contribution in [0.1, 0.15) is 18.7 Å². The highest BCUT2D eigenvalue weighted by molar-refractivity contribution is 5.91. The minimum atomic E-state index is -0.152. The van der Waals surface area contributed by atoms with Crippen LogP contribution in [0.3, 0.4) is 0 Å². The second-order valence-electron chi connectivity index (χ2n) is 7.99. The molecule has 2 heterocycles. The molecule has 164 valence electrons. The van der Waals surface area contributed by atoms with E-state index < -0.39 is 0 Å². The molecule has 0 unspecified atom stereocenters. The number of hydrogen-bond donors (Lipinski definition) is 2. The minimum absolute atomic E-state index is 0.0754. The molecule has 5 rings (SSSR count). The zero-order valence-corrected chi connectivity index (χ0v) is 18.2. The molecule has 0 radical (unpaired) electrons. The lowest BCUT2D eigenvalue weighted by molar-refractivity contribution is -0.116. The number of aromatic amines is 1. The molecular weight excluding hydrogens is 414 g/mol. The second kappa shape index (κ2) is 8.70. The molecule has 3 aromatic carbocycles. The number of hydrogen-bond acceptors (Lipinski definition) is 4. The number of benzene rings is 3. The van der Waals surface area contributed by atoms with Crippen molar-refractivity contribution >= 4 is 33.5 Å². The number of fused-ring (bicyclic) bond motifs is 2. The van der Waals surface area contributed by atoms with Gasteiger partial charge in [-0.15, -0.1) is 0 Å². The van der Waals surface area contributed by atoms with E-state index in [1.807, 2.05) is 73.8 Å². The summed E-state index contributed by atoms with van der Waals surface area (Å²) in [4.78, 5) is 36.5. The van der Waals surface area contributed by atoms with Crippen LogP contribution < -0.4 is 10.9 Å². The van der Waals surface area contributed by atoms with Crippen LogP contribution >= 0.6 is 0 Å². The van der Waals surface area contributed by atoms with E-state index in [1.165, 1.54) is 0 Å². The number of rotatable bonds is 6. The smallest absolute Gasteiger partial charge is 0.258 e. The van der Waals surface area contributed by atoms with Crippen LogP contribution in [0.25, 0.3) is 33.3 Å². The zero-order valence-electron chi connectivity index (χ0n) is 18.2. The lowest BCUT2D eigenvalue weighted by Gasteiger charge is -2.07. The van der Waals surface area contributed by atoms with E-state index in [0.29, 0.717) is 36.0 Å². The standard InChI is InChI=1S/C26H23N5O2/c1-31-22-10-5-4-9-21(22)29-25(31)17-13-15-18(16-14-17)27-24(32)12-6-11-23-28-20-8-3-2-7-19(20)26(33)30-23/h2-5,7-10,13-16H,6,11-12H2,1H3,(H,27,32)(H,28,30,33). The summed E-state index contributed by atoms with van der Waals surface area (Å²) < 4.78 is 2.06. The van der Waals surface area contributed by atoms with Gasteiger partial charge in [0.05, 0.1) is 21.9 Å². The third kappa shape index (κ3) is 4.25. The summed E-state index contributed by atoms with van der Waals surface area (Å²) in [6.07, 6.45) is 1.45. The van der Waals surface area contributed by atoms with Crippen molar-refractivity contribution in [2.24, 2.45) is 7.05 Å². The second-order valence-corrected chi connectivity index (χ2v) is 7.99. The first kappa shape index (κ1) is 20.6. The summed E-state index contributed by atoms with van der Waals surface area (Å²) >= 11 is 0. The number of nitrogens with one attached hydrogen (secondary N) is 2. The Balaban J connectivity index is 1.20. The van der Waals surface area contributed by atoms with Gasteiger partial charge in [-0.2, -0.15) is 0 Å². The monoisotopic (exact) mass is 437 g/mol. The number of amides is 1. The molecule has 0 aliphatic carbocycles. The lowest BCUT2D eigenvalue weighted by atomic mass is 10.1. The van der Waals surface area contributed by atoms with Crippen LogP contribution in [-0.4, -0.2) is 25.4 Å². The Kier molecular flexibility index (Phi) is 5.44. The first-order chi connectivity index (χ1) is 16.1. The molecule has 7 nitrogen and oxygen atoms in total. The van der Waals surface area contributed by atoms with E-state index in [4.69, 9.17) is 4.98 Å². The van der Waals surface area contributed by atoms with Gasteiger partial charge in [-0.25, -0.2) is 9.97 Å². The fraction of sp³-hybridized carbons (Fsp3) is 0.154. The molecule has 7 heteroatoms. The van der Waals surface area contributed by atoms with E-state index in [0.717, 1.165) is 28.1 Å². The number of imidazole rings is 1. The van der Waals surface area contributed by atoms with Crippen LogP contribution in [0.2, 0.25) is 0 Å². The maximum absolute atomic E-state index is 12.4. The summed E-state index contributed by atoms with van der Waals surface area (Å²) in [6, 6.07) is 22.9. The Morgan fingerprint density at radius 1 is 0.939 bits per heavy atom. The molecule has 1 amide bonds. The Labute approximate surface area is 190 Å². The summed E-state index contributed by atoms with van der Waals surface area (Å²) in [6.45, 7) is 0. The van der Waals surface area contributed by atoms with E-state index in [2.05, 4.69) is 19.9 Å². The molecular formula is C26H23N5O2. The van der Waals surface area contributed by atoms with Gasteiger partial charge in [0.25, 0.3) is 5.56 Å². The SMILES string of the molecule is Cn1c(-c2ccc(NC(=O)CCCc3nc4ccccc4c(=O)[nH]3)cc2)nc2ccccc21. The van der Waals surface area contributed by atoms with Gasteiger partial charge >= 0.3 is 0 Å². The van der Waals surface area contributed by atoms with E-state index in [-0.39, 0.29) is 11.5 Å². The lowest BCUT2D eigenvalue weighted by Crippen LogP contribution is -2.14. The molecule has 0 atom stereocenters. The highest BCUT2D eigenvalue weighted by Gasteiger charge is 2.10. The van der Waals surface area contributed by atoms with Crippen molar-refractivity contribution in [3.8, 4) is 11.4 Å². The third-order valence-electron chi connectivity index (χ3n) is 5.69. The molecule has 0 spiro atoms. The van der Waals surface area contributed by atoms with Gasteiger partial charge in [0, 0.05) is 31.1 Å². The number of H-pyrrole nitrogens is 1. The molecule has 2 N–H and O–H groups in total. The Bertz CT molecular complexity index is 1520. The molecule has 5 aromatic rings. The molecule has 0 fully saturated rings. The summed E-state index contributed by atoms with van der Waals surface area (Å²) in [5.74, 6) is 1.40. The fourth-order valence-electron chi connectivity index (χ4n) is 4.00. The highest BCUT2D eigenvalue weighted by atomic mass is 16.1. The number of anilines is 1. The average molecular weight is 438 g/mol. The van der Waals surface area contributed by atoms with Crippen molar-refractivity contribution in [2.75, 3.05) is 5.32 Å². The number of para-hydroxylation sites is 3. The molecule has 0 saturated carbocycles. The van der Waals surface area contributed by atoms with Crippen molar-refractivity contribution in [1.29, 1.82) is 0 Å². The molecule has 33 heavy (non-hydrogen) atoms. The van der Waals surface area contributed by atoms with Crippen molar-refractivity contribution in [2.45, 2.75) is 19.3 Å². The zero-order chi connectivity index (χ0) is 22.8. The maximum Gasteiger partial charge on any atom is 0.258 e. The average Bonchev–Trinajstić information content (AvgIpc) is 3.16. The molecule has 2 aromatic heterocycles. The quantitative estimate of drug-likeness (QED) is 0.411. The number of nitrogens with zero attached hydrogens (tertiary/aromatic N) is 3. The third-order valence-corrected chi connectivity index (χ3v) is 5.69. The fourth-order valence-corrected chi connectivity index (χ4v) is 4.00. The van der Waals surface area contributed by atoms with Crippen LogP contribution in [0.15, 0.2) is 77.6 Å². The molecule has 0 aliphatic rings. The van der Waals surface area contributed by atoms with E-state index in [1.54, 1.807) is 6.07 Å². The van der Waals surface area contributed by atoms with Crippen LogP contribution in [0.4, 0.5) is 5.69 Å². The highest BCUT2D eigenvalue weighted by Crippen LogP contribution is 2.24. The number of carbonyl (C=O) groups excluding carboxylic acids is 1. The van der Waals surface area contributed by atoms with Gasteiger partial charge in [0.1, 0.15) is 11.6 Å². The Morgan fingerprint density at radius 3 is 2.45 bits per heavy atom. The topological polar surface area (TPSA) is 92.7 Å². The maximum atomic E-state index is 12.4. The van der Waals surface area contributed by atoms with Crippen molar-refractivity contribution in [3.05, 3.63) is 89.0 Å². The van der Waals surface area contributed by atoms with Gasteiger partial charge in [0.15, 0.2) is 0 Å². The van der Waals surface area contributed by atoms with Crippen molar-refractivity contribution in [3.63, 3.8) is 0 Å². The minimum Gasteiger partial charge on any atom is -0.327 e. The van der Waals surface area contributed by atoms with Gasteiger partial charge < -0.3 is 14.9 Å². The van der Waals surface area contributed by atoms with Gasteiger partial charge in [-0.3, -0.25) is 9.59 Å². The predicted molar refractivity (Wildman–Crippen MR) is 130 cm³/mol. The van der Waals surface area contributed by atoms with Gasteiger partial charge in [-0.05, 0) is 55.0 Å². The van der Waals surface area contributed by atoms with Crippen LogP contribution in [0.5, 0.6) is 0 Å². The van der Waals surface area contributed by atoms with Gasteiger partial charge in [0.2, 0.25) is 5.91 Å². The van der Waals surface area contributed by atoms with Crippen LogP contribution in [-0.2, 0) is 18.3 Å². The number of carbonyl (C=O) groups is 1. The predicted octanol–water partition coefficient (Wildman–Crippen LogP) is 4.44. The summed E-state index contributed by atoms with van der Waals surface area (Å²) in [5, 5.41) is 3.50. The molecule has 0 aliphatic heterocycles. The summed E-state index contributed by atoms with van der Waals surface area (Å²) in [7, 11) is 2.00. The molecule has 0 saturated heterocycles. The first-order valence-corrected chi connectivity index (χ1v) is 10.9. The Hall–Kier alpha value is -4.26. The largest absolute Gasteiger partial charge is 0.327 e. The van der Waals surface area contributed by atoms with Crippen molar-refractivity contribution < 1.29 is 4.79 Å². The first-order valence-electron chi connectivity index (χ1n) is 10.9. The van der Waals surface area contributed by atoms with Crippen molar-refractivity contribution in [1.82, 2.24) is 19.5 Å².